The maximum atomic E-state index is 8.34. The molecular formula is C13H23NO2. The van der Waals surface area contributed by atoms with Crippen LogP contribution >= 0.6 is 0 Å². The molecule has 0 unspecified atom stereocenters. The van der Waals surface area contributed by atoms with Crippen LogP contribution in [0.15, 0.2) is 24.3 Å². The largest absolute Gasteiger partial charge is 0.395 e. The number of aryl methyl sites for hydroxylation is 2. The number of aliphatic hydroxyl groups is 2. The zero-order chi connectivity index (χ0) is 12.4. The van der Waals surface area contributed by atoms with Gasteiger partial charge in [-0.1, -0.05) is 35.4 Å². The van der Waals surface area contributed by atoms with Crippen molar-refractivity contribution in [3.63, 3.8) is 0 Å². The van der Waals surface area contributed by atoms with E-state index in [1.807, 2.05) is 11.9 Å². The Kier molecular flexibility index (Phi) is 8.81. The molecule has 1 aromatic carbocycles. The predicted octanol–water partition coefficient (Wildman–Crippen LogP) is 1.21. The molecule has 0 atom stereocenters. The van der Waals surface area contributed by atoms with Crippen LogP contribution in [0.1, 0.15) is 11.1 Å². The average Bonchev–Trinajstić information content (AvgIpc) is 2.18. The number of hydrogen-bond acceptors (Lipinski definition) is 3. The van der Waals surface area contributed by atoms with E-state index in [0.29, 0.717) is 13.1 Å². The fraction of sp³-hybridized carbons (Fsp3) is 0.538. The molecule has 16 heavy (non-hydrogen) atoms. The Labute approximate surface area is 98.3 Å². The van der Waals surface area contributed by atoms with Gasteiger partial charge in [0.15, 0.2) is 0 Å². The van der Waals surface area contributed by atoms with Crippen molar-refractivity contribution in [1.82, 2.24) is 4.90 Å². The van der Waals surface area contributed by atoms with Crippen LogP contribution in [-0.2, 0) is 0 Å². The highest BCUT2D eigenvalue weighted by Crippen LogP contribution is 2.00. The molecule has 3 nitrogen and oxygen atoms in total. The molecule has 0 aromatic heterocycles. The third-order valence-electron chi connectivity index (χ3n) is 2.14. The second-order valence-corrected chi connectivity index (χ2v) is 3.91. The summed E-state index contributed by atoms with van der Waals surface area (Å²) in [5, 5.41) is 16.7. The maximum absolute atomic E-state index is 8.34. The lowest BCUT2D eigenvalue weighted by molar-refractivity contribution is 0.184. The summed E-state index contributed by atoms with van der Waals surface area (Å²) >= 11 is 0. The van der Waals surface area contributed by atoms with Crippen molar-refractivity contribution in [3.8, 4) is 0 Å². The lowest BCUT2D eigenvalue weighted by Crippen LogP contribution is -2.25. The first-order valence-electron chi connectivity index (χ1n) is 5.53. The summed E-state index contributed by atoms with van der Waals surface area (Å²) < 4.78 is 0. The molecule has 0 aliphatic heterocycles. The van der Waals surface area contributed by atoms with Gasteiger partial charge in [0.05, 0.1) is 13.2 Å². The standard InChI is InChI=1S/C8H10.C5H13NO2/c1-7-4-3-5-8(2)6-7;1-6(2-4-7)3-5-8/h3-6H,1-2H3;7-8H,2-5H2,1H3. The van der Waals surface area contributed by atoms with E-state index in [1.165, 1.54) is 11.1 Å². The van der Waals surface area contributed by atoms with Gasteiger partial charge >= 0.3 is 0 Å². The van der Waals surface area contributed by atoms with Gasteiger partial charge in [-0.15, -0.1) is 0 Å². The molecule has 0 heterocycles. The summed E-state index contributed by atoms with van der Waals surface area (Å²) in [4.78, 5) is 1.86. The van der Waals surface area contributed by atoms with Crippen molar-refractivity contribution in [2.24, 2.45) is 0 Å². The smallest absolute Gasteiger partial charge is 0.0558 e. The molecule has 0 aliphatic carbocycles. The predicted molar refractivity (Wildman–Crippen MR) is 67.6 cm³/mol. The maximum Gasteiger partial charge on any atom is 0.0558 e. The SMILES string of the molecule is CN(CCO)CCO.Cc1cccc(C)c1. The summed E-state index contributed by atoms with van der Waals surface area (Å²) in [7, 11) is 1.85. The minimum atomic E-state index is 0.163. The molecule has 0 radical (unpaired) electrons. The lowest BCUT2D eigenvalue weighted by atomic mass is 10.2. The van der Waals surface area contributed by atoms with Gasteiger partial charge in [-0.25, -0.2) is 0 Å². The second kappa shape index (κ2) is 9.33. The molecule has 0 fully saturated rings. The van der Waals surface area contributed by atoms with Crippen LogP contribution in [0.5, 0.6) is 0 Å². The van der Waals surface area contributed by atoms with Gasteiger partial charge in [0.2, 0.25) is 0 Å². The van der Waals surface area contributed by atoms with Crippen LogP contribution < -0.4 is 0 Å². The Morgan fingerprint density at radius 1 is 1.00 bits per heavy atom. The Morgan fingerprint density at radius 3 is 1.69 bits per heavy atom. The molecule has 0 saturated heterocycles. The normalized spacial score (nSPS) is 9.88. The molecule has 0 saturated carbocycles. The van der Waals surface area contributed by atoms with Crippen molar-refractivity contribution in [2.75, 3.05) is 33.4 Å². The number of benzene rings is 1. The average molecular weight is 225 g/mol. The van der Waals surface area contributed by atoms with Crippen molar-refractivity contribution in [2.45, 2.75) is 13.8 Å². The fourth-order valence-electron chi connectivity index (χ4n) is 1.26. The van der Waals surface area contributed by atoms with Gasteiger partial charge in [0, 0.05) is 13.1 Å². The first kappa shape index (κ1) is 15.1. The third-order valence-corrected chi connectivity index (χ3v) is 2.14. The molecule has 0 bridgehead atoms. The van der Waals surface area contributed by atoms with Crippen LogP contribution in [0.25, 0.3) is 0 Å². The molecule has 1 aromatic rings. The van der Waals surface area contributed by atoms with E-state index in [2.05, 4.69) is 38.1 Å². The van der Waals surface area contributed by atoms with Crippen molar-refractivity contribution < 1.29 is 10.2 Å². The van der Waals surface area contributed by atoms with E-state index in [9.17, 15) is 0 Å². The monoisotopic (exact) mass is 225 g/mol. The number of aliphatic hydroxyl groups excluding tert-OH is 2. The molecule has 2 N–H and O–H groups in total. The molecular weight excluding hydrogens is 202 g/mol. The molecule has 1 rings (SSSR count). The highest BCUT2D eigenvalue weighted by molar-refractivity contribution is 5.20. The van der Waals surface area contributed by atoms with Crippen molar-refractivity contribution in [3.05, 3.63) is 35.4 Å². The van der Waals surface area contributed by atoms with Gasteiger partial charge in [0.1, 0.15) is 0 Å². The molecule has 0 amide bonds. The topological polar surface area (TPSA) is 43.7 Å². The number of hydrogen-bond donors (Lipinski definition) is 2. The highest BCUT2D eigenvalue weighted by atomic mass is 16.3. The van der Waals surface area contributed by atoms with Crippen LogP contribution in [0.4, 0.5) is 0 Å². The van der Waals surface area contributed by atoms with E-state index in [1.54, 1.807) is 0 Å². The first-order valence-corrected chi connectivity index (χ1v) is 5.53. The van der Waals surface area contributed by atoms with Crippen molar-refractivity contribution >= 4 is 0 Å². The van der Waals surface area contributed by atoms with Gasteiger partial charge < -0.3 is 15.1 Å². The molecule has 92 valence electrons. The lowest BCUT2D eigenvalue weighted by Gasteiger charge is -2.11. The van der Waals surface area contributed by atoms with Crippen molar-refractivity contribution in [1.29, 1.82) is 0 Å². The second-order valence-electron chi connectivity index (χ2n) is 3.91. The highest BCUT2D eigenvalue weighted by Gasteiger charge is 1.91. The Bertz CT molecular complexity index is 253. The molecule has 3 heteroatoms. The first-order chi connectivity index (χ1) is 7.60. The van der Waals surface area contributed by atoms with Crippen LogP contribution in [-0.4, -0.2) is 48.5 Å². The Morgan fingerprint density at radius 2 is 1.44 bits per heavy atom. The van der Waals surface area contributed by atoms with Gasteiger partial charge in [0.25, 0.3) is 0 Å². The molecule has 0 spiro atoms. The zero-order valence-corrected chi connectivity index (χ0v) is 10.5. The van der Waals surface area contributed by atoms with E-state index < -0.39 is 0 Å². The zero-order valence-electron chi connectivity index (χ0n) is 10.5. The minimum Gasteiger partial charge on any atom is -0.395 e. The Hall–Kier alpha value is -0.900. The summed E-state index contributed by atoms with van der Waals surface area (Å²) in [6, 6.07) is 8.45. The van der Waals surface area contributed by atoms with E-state index >= 15 is 0 Å². The van der Waals surface area contributed by atoms with Crippen LogP contribution in [0.3, 0.4) is 0 Å². The van der Waals surface area contributed by atoms with E-state index in [-0.39, 0.29) is 13.2 Å². The minimum absolute atomic E-state index is 0.163. The van der Waals surface area contributed by atoms with E-state index in [4.69, 9.17) is 10.2 Å². The Balaban J connectivity index is 0.000000281. The van der Waals surface area contributed by atoms with Gasteiger partial charge in [-0.05, 0) is 20.9 Å². The van der Waals surface area contributed by atoms with E-state index in [0.717, 1.165) is 0 Å². The molecule has 0 aliphatic rings. The third kappa shape index (κ3) is 8.41. The summed E-state index contributed by atoms with van der Waals surface area (Å²) in [6.07, 6.45) is 0. The quantitative estimate of drug-likeness (QED) is 0.809. The van der Waals surface area contributed by atoms with Gasteiger partial charge in [-0.2, -0.15) is 0 Å². The number of likely N-dealkylation sites (N-methyl/N-ethyl adjacent to an activating group) is 1. The van der Waals surface area contributed by atoms with Gasteiger partial charge in [-0.3, -0.25) is 0 Å². The fourth-order valence-corrected chi connectivity index (χ4v) is 1.26. The van der Waals surface area contributed by atoms with Crippen LogP contribution in [0.2, 0.25) is 0 Å². The summed E-state index contributed by atoms with van der Waals surface area (Å²) in [5.41, 5.74) is 2.68. The van der Waals surface area contributed by atoms with Crippen LogP contribution in [0, 0.1) is 13.8 Å². The number of nitrogens with zero attached hydrogens (tertiary/aromatic N) is 1. The number of rotatable bonds is 4. The summed E-state index contributed by atoms with van der Waals surface area (Å²) in [5.74, 6) is 0. The summed E-state index contributed by atoms with van der Waals surface area (Å²) in [6.45, 7) is 5.81.